The summed E-state index contributed by atoms with van der Waals surface area (Å²) in [5, 5.41) is 4.95. The van der Waals surface area contributed by atoms with E-state index in [1.165, 1.54) is 54.5 Å². The highest BCUT2D eigenvalue weighted by molar-refractivity contribution is 8.01. The van der Waals surface area contributed by atoms with Gasteiger partial charge in [-0.05, 0) is 42.5 Å². The normalized spacial score (nSPS) is 10.6. The number of nitrogens with zero attached hydrogens (tertiary/aromatic N) is 1. The molecule has 5 nitrogen and oxygen atoms in total. The molecule has 150 valence electrons. The minimum Gasteiger partial charge on any atom is -0.495 e. The summed E-state index contributed by atoms with van der Waals surface area (Å²) in [6.45, 7) is 0. The summed E-state index contributed by atoms with van der Waals surface area (Å²) in [5.74, 6) is 0.00102. The lowest BCUT2D eigenvalue weighted by molar-refractivity contribution is -0.115. The van der Waals surface area contributed by atoms with Crippen molar-refractivity contribution in [1.82, 2.24) is 4.98 Å². The molecule has 0 spiro atoms. The van der Waals surface area contributed by atoms with Crippen LogP contribution in [-0.4, -0.2) is 29.5 Å². The van der Waals surface area contributed by atoms with Gasteiger partial charge in [0.15, 0.2) is 10.1 Å². The largest absolute Gasteiger partial charge is 0.495 e. The number of Topliss-reactive ketones (excluding diaryl/α,β-unsaturated/α-hetero) is 1. The molecule has 2 aromatic carbocycles. The Labute approximate surface area is 180 Å². The second-order valence-corrected chi connectivity index (χ2v) is 8.39. The van der Waals surface area contributed by atoms with Crippen molar-refractivity contribution in [2.45, 2.75) is 10.8 Å². The Morgan fingerprint density at radius 1 is 1.24 bits per heavy atom. The Morgan fingerprint density at radius 2 is 2.00 bits per heavy atom. The lowest BCUT2D eigenvalue weighted by atomic mass is 10.1. The minimum absolute atomic E-state index is 0.104. The summed E-state index contributed by atoms with van der Waals surface area (Å²) >= 11 is 8.71. The van der Waals surface area contributed by atoms with Gasteiger partial charge in [-0.3, -0.25) is 9.59 Å². The van der Waals surface area contributed by atoms with E-state index in [0.717, 1.165) is 0 Å². The van der Waals surface area contributed by atoms with E-state index in [1.54, 1.807) is 23.6 Å². The Kier molecular flexibility index (Phi) is 7.24. The van der Waals surface area contributed by atoms with Gasteiger partial charge in [0.25, 0.3) is 0 Å². The van der Waals surface area contributed by atoms with Gasteiger partial charge in [0.05, 0.1) is 30.0 Å². The van der Waals surface area contributed by atoms with E-state index >= 15 is 0 Å². The Hall–Kier alpha value is -2.42. The van der Waals surface area contributed by atoms with Gasteiger partial charge in [-0.2, -0.15) is 0 Å². The first-order valence-electron chi connectivity index (χ1n) is 8.44. The number of anilines is 1. The average Bonchev–Trinajstić information content (AvgIpc) is 3.14. The van der Waals surface area contributed by atoms with E-state index in [9.17, 15) is 14.0 Å². The maximum Gasteiger partial charge on any atom is 0.230 e. The molecule has 0 saturated carbocycles. The second kappa shape index (κ2) is 9.87. The number of carbonyl (C=O) groups excluding carboxylic acids is 2. The lowest BCUT2D eigenvalue weighted by Gasteiger charge is -2.07. The zero-order valence-corrected chi connectivity index (χ0v) is 17.7. The zero-order valence-electron chi connectivity index (χ0n) is 15.3. The SMILES string of the molecule is COc1ccc(NC(=O)Cc2csc(SCC(=O)c3ccc(F)cc3)n2)cc1Cl. The zero-order chi connectivity index (χ0) is 20.8. The maximum atomic E-state index is 12.9. The van der Waals surface area contributed by atoms with Crippen molar-refractivity contribution < 1.29 is 18.7 Å². The average molecular weight is 451 g/mol. The molecule has 9 heteroatoms. The third-order valence-electron chi connectivity index (χ3n) is 3.80. The molecule has 0 saturated heterocycles. The summed E-state index contributed by atoms with van der Waals surface area (Å²) in [4.78, 5) is 28.7. The third kappa shape index (κ3) is 6.03. The van der Waals surface area contributed by atoms with Gasteiger partial charge in [0, 0.05) is 16.6 Å². The van der Waals surface area contributed by atoms with Crippen molar-refractivity contribution in [1.29, 1.82) is 0 Å². The molecule has 0 fully saturated rings. The maximum absolute atomic E-state index is 12.9. The van der Waals surface area contributed by atoms with Crippen LogP contribution in [0.1, 0.15) is 16.1 Å². The number of thiazole rings is 1. The highest BCUT2D eigenvalue weighted by Gasteiger charge is 2.12. The molecule has 1 heterocycles. The fraction of sp³-hybridized carbons (Fsp3) is 0.150. The number of ether oxygens (including phenoxy) is 1. The number of methoxy groups -OCH3 is 1. The molecule has 3 rings (SSSR count). The molecule has 0 aliphatic carbocycles. The number of hydrogen-bond donors (Lipinski definition) is 1. The number of ketones is 1. The number of halogens is 2. The standard InChI is InChI=1S/C20H16ClFN2O3S2/c1-27-18-7-6-14(8-16(18)21)23-19(26)9-15-10-28-20(24-15)29-11-17(25)12-2-4-13(22)5-3-12/h2-8,10H,9,11H2,1H3,(H,23,26). The molecule has 0 aliphatic rings. The summed E-state index contributed by atoms with van der Waals surface area (Å²) in [7, 11) is 1.52. The number of carbonyl (C=O) groups is 2. The number of thioether (sulfide) groups is 1. The van der Waals surface area contributed by atoms with Crippen molar-refractivity contribution in [3.63, 3.8) is 0 Å². The molecule has 1 N–H and O–H groups in total. The van der Waals surface area contributed by atoms with Crippen molar-refractivity contribution in [2.24, 2.45) is 0 Å². The van der Waals surface area contributed by atoms with Gasteiger partial charge >= 0.3 is 0 Å². The molecule has 1 amide bonds. The van der Waals surface area contributed by atoms with Crippen LogP contribution in [0, 0.1) is 5.82 Å². The summed E-state index contributed by atoms with van der Waals surface area (Å²) in [6, 6.07) is 10.4. The van der Waals surface area contributed by atoms with Gasteiger partial charge in [0.2, 0.25) is 5.91 Å². The number of aromatic nitrogens is 1. The molecule has 0 bridgehead atoms. The van der Waals surface area contributed by atoms with E-state index in [1.807, 2.05) is 0 Å². The van der Waals surface area contributed by atoms with E-state index in [4.69, 9.17) is 16.3 Å². The first-order valence-corrected chi connectivity index (χ1v) is 10.7. The number of rotatable bonds is 8. The Bertz CT molecular complexity index is 1020. The number of nitrogens with one attached hydrogen (secondary N) is 1. The van der Waals surface area contributed by atoms with Crippen molar-refractivity contribution in [3.05, 3.63) is 69.9 Å². The van der Waals surface area contributed by atoms with Crippen LogP contribution < -0.4 is 10.1 Å². The fourth-order valence-electron chi connectivity index (χ4n) is 2.40. The second-order valence-electron chi connectivity index (χ2n) is 5.90. The molecule has 0 radical (unpaired) electrons. The van der Waals surface area contributed by atoms with E-state index in [2.05, 4.69) is 10.3 Å². The first kappa shape index (κ1) is 21.3. The molecule has 0 unspecified atom stereocenters. The number of benzene rings is 2. The Balaban J connectivity index is 1.51. The van der Waals surface area contributed by atoms with Crippen LogP contribution in [0.25, 0.3) is 0 Å². The summed E-state index contributed by atoms with van der Waals surface area (Å²) in [5.41, 5.74) is 1.63. The van der Waals surface area contributed by atoms with Crippen LogP contribution in [-0.2, 0) is 11.2 Å². The topological polar surface area (TPSA) is 68.3 Å². The van der Waals surface area contributed by atoms with Crippen LogP contribution >= 0.6 is 34.7 Å². The number of hydrogen-bond acceptors (Lipinski definition) is 6. The summed E-state index contributed by atoms with van der Waals surface area (Å²) < 4.78 is 18.7. The predicted molar refractivity (Wildman–Crippen MR) is 114 cm³/mol. The van der Waals surface area contributed by atoms with Gasteiger partial charge in [-0.25, -0.2) is 9.37 Å². The quantitative estimate of drug-likeness (QED) is 0.382. The van der Waals surface area contributed by atoms with Crippen molar-refractivity contribution >= 4 is 52.1 Å². The van der Waals surface area contributed by atoms with E-state index < -0.39 is 0 Å². The van der Waals surface area contributed by atoms with Gasteiger partial charge in [-0.1, -0.05) is 23.4 Å². The summed E-state index contributed by atoms with van der Waals surface area (Å²) in [6.07, 6.45) is 0.104. The van der Waals surface area contributed by atoms with Crippen molar-refractivity contribution in [2.75, 3.05) is 18.2 Å². The van der Waals surface area contributed by atoms with E-state index in [-0.39, 0.29) is 29.7 Å². The first-order chi connectivity index (χ1) is 13.9. The minimum atomic E-state index is -0.381. The van der Waals surface area contributed by atoms with Crippen molar-refractivity contribution in [3.8, 4) is 5.75 Å². The molecule has 1 aromatic heterocycles. The predicted octanol–water partition coefficient (Wildman–Crippen LogP) is 5.10. The highest BCUT2D eigenvalue weighted by atomic mass is 35.5. The van der Waals surface area contributed by atoms with Gasteiger partial charge in [-0.15, -0.1) is 11.3 Å². The molecular weight excluding hydrogens is 435 g/mol. The Morgan fingerprint density at radius 3 is 2.69 bits per heavy atom. The van der Waals surface area contributed by atoms with E-state index in [0.29, 0.717) is 32.1 Å². The van der Waals surface area contributed by atoms with Crippen LogP contribution in [0.4, 0.5) is 10.1 Å². The smallest absolute Gasteiger partial charge is 0.230 e. The molecule has 0 atom stereocenters. The van der Waals surface area contributed by atoms with Crippen LogP contribution in [0.2, 0.25) is 5.02 Å². The lowest BCUT2D eigenvalue weighted by Crippen LogP contribution is -2.14. The highest BCUT2D eigenvalue weighted by Crippen LogP contribution is 2.27. The van der Waals surface area contributed by atoms with Crippen LogP contribution in [0.3, 0.4) is 0 Å². The monoisotopic (exact) mass is 450 g/mol. The molecule has 3 aromatic rings. The van der Waals surface area contributed by atoms with Crippen LogP contribution in [0.5, 0.6) is 5.75 Å². The fourth-order valence-corrected chi connectivity index (χ4v) is 4.39. The van der Waals surface area contributed by atoms with Gasteiger partial charge in [0.1, 0.15) is 11.6 Å². The molecule has 0 aliphatic heterocycles. The number of amides is 1. The van der Waals surface area contributed by atoms with Crippen LogP contribution in [0.15, 0.2) is 52.2 Å². The third-order valence-corrected chi connectivity index (χ3v) is 6.17. The molecular formula is C20H16ClFN2O3S2. The molecule has 29 heavy (non-hydrogen) atoms. The van der Waals surface area contributed by atoms with Gasteiger partial charge < -0.3 is 10.1 Å².